The molecule has 0 aliphatic carbocycles. The van der Waals surface area contributed by atoms with Crippen molar-refractivity contribution in [3.8, 4) is 0 Å². The van der Waals surface area contributed by atoms with E-state index >= 15 is 0 Å². The Labute approximate surface area is 121 Å². The van der Waals surface area contributed by atoms with Crippen molar-refractivity contribution in [1.29, 1.82) is 0 Å². The van der Waals surface area contributed by atoms with E-state index in [1.54, 1.807) is 24.3 Å². The SMILES string of the molecule is O=C(Nc1ccc(Br)cc1)c1ccc(C(F)(F)F)cc1. The highest BCUT2D eigenvalue weighted by Crippen LogP contribution is 2.29. The van der Waals surface area contributed by atoms with Crippen molar-refractivity contribution in [2.75, 3.05) is 5.32 Å². The molecule has 2 nitrogen and oxygen atoms in total. The van der Waals surface area contributed by atoms with E-state index in [0.29, 0.717) is 5.69 Å². The first-order valence-corrected chi connectivity index (χ1v) is 6.40. The Balaban J connectivity index is 2.11. The molecule has 2 aromatic rings. The number of hydrogen-bond acceptors (Lipinski definition) is 1. The molecule has 1 N–H and O–H groups in total. The topological polar surface area (TPSA) is 29.1 Å². The zero-order chi connectivity index (χ0) is 14.8. The molecule has 0 radical (unpaired) electrons. The summed E-state index contributed by atoms with van der Waals surface area (Å²) < 4.78 is 38.1. The van der Waals surface area contributed by atoms with Gasteiger partial charge in [0.1, 0.15) is 0 Å². The summed E-state index contributed by atoms with van der Waals surface area (Å²) in [6.45, 7) is 0. The molecule has 0 saturated carbocycles. The lowest BCUT2D eigenvalue weighted by molar-refractivity contribution is -0.137. The Kier molecular flexibility index (Phi) is 4.13. The van der Waals surface area contributed by atoms with Gasteiger partial charge >= 0.3 is 6.18 Å². The van der Waals surface area contributed by atoms with Crippen molar-refractivity contribution >= 4 is 27.5 Å². The van der Waals surface area contributed by atoms with Crippen molar-refractivity contribution in [3.63, 3.8) is 0 Å². The Morgan fingerprint density at radius 3 is 2.00 bits per heavy atom. The van der Waals surface area contributed by atoms with Gasteiger partial charge in [-0.25, -0.2) is 0 Å². The Hall–Kier alpha value is -1.82. The zero-order valence-corrected chi connectivity index (χ0v) is 11.6. The lowest BCUT2D eigenvalue weighted by atomic mass is 10.1. The molecule has 0 aromatic heterocycles. The predicted octanol–water partition coefficient (Wildman–Crippen LogP) is 4.72. The quantitative estimate of drug-likeness (QED) is 0.839. The molecular formula is C14H9BrF3NO. The maximum atomic E-state index is 12.4. The number of alkyl halides is 3. The lowest BCUT2D eigenvalue weighted by Crippen LogP contribution is -2.12. The van der Waals surface area contributed by atoms with Crippen molar-refractivity contribution in [2.45, 2.75) is 6.18 Å². The van der Waals surface area contributed by atoms with Crippen LogP contribution in [0.5, 0.6) is 0 Å². The molecule has 0 bridgehead atoms. The zero-order valence-electron chi connectivity index (χ0n) is 10.0. The van der Waals surface area contributed by atoms with E-state index in [4.69, 9.17) is 0 Å². The Morgan fingerprint density at radius 1 is 0.950 bits per heavy atom. The first-order valence-electron chi connectivity index (χ1n) is 5.60. The van der Waals surface area contributed by atoms with Gasteiger partial charge in [0.25, 0.3) is 5.91 Å². The third kappa shape index (κ3) is 3.60. The van der Waals surface area contributed by atoms with Crippen molar-refractivity contribution in [2.24, 2.45) is 0 Å². The minimum atomic E-state index is -4.40. The molecule has 0 unspecified atom stereocenters. The number of carbonyl (C=O) groups is 1. The van der Waals surface area contributed by atoms with E-state index in [9.17, 15) is 18.0 Å². The summed E-state index contributed by atoms with van der Waals surface area (Å²) in [5.41, 5.74) is -0.0447. The second-order valence-corrected chi connectivity index (χ2v) is 4.95. The first kappa shape index (κ1) is 14.6. The van der Waals surface area contributed by atoms with E-state index in [1.807, 2.05) is 0 Å². The van der Waals surface area contributed by atoms with E-state index in [2.05, 4.69) is 21.2 Å². The minimum Gasteiger partial charge on any atom is -0.322 e. The van der Waals surface area contributed by atoms with Gasteiger partial charge in [-0.15, -0.1) is 0 Å². The van der Waals surface area contributed by atoms with Crippen LogP contribution in [0.2, 0.25) is 0 Å². The number of anilines is 1. The van der Waals surface area contributed by atoms with Crippen LogP contribution in [-0.2, 0) is 6.18 Å². The molecule has 0 spiro atoms. The van der Waals surface area contributed by atoms with E-state index in [-0.39, 0.29) is 5.56 Å². The summed E-state index contributed by atoms with van der Waals surface area (Å²) >= 11 is 3.26. The summed E-state index contributed by atoms with van der Waals surface area (Å²) in [6, 6.07) is 10.9. The van der Waals surface area contributed by atoms with Gasteiger partial charge in [0.2, 0.25) is 0 Å². The standard InChI is InChI=1S/C14H9BrF3NO/c15-11-5-7-12(8-6-11)19-13(20)9-1-3-10(4-2-9)14(16,17)18/h1-8H,(H,19,20). The highest BCUT2D eigenvalue weighted by atomic mass is 79.9. The lowest BCUT2D eigenvalue weighted by Gasteiger charge is -2.08. The second kappa shape index (κ2) is 5.66. The fourth-order valence-electron chi connectivity index (χ4n) is 1.55. The number of nitrogens with one attached hydrogen (secondary N) is 1. The molecule has 0 heterocycles. The minimum absolute atomic E-state index is 0.168. The molecule has 0 atom stereocenters. The summed E-state index contributed by atoms with van der Waals surface area (Å²) in [5, 5.41) is 2.60. The van der Waals surface area contributed by atoms with E-state index in [0.717, 1.165) is 28.7 Å². The van der Waals surface area contributed by atoms with E-state index in [1.165, 1.54) is 0 Å². The van der Waals surface area contributed by atoms with Gasteiger partial charge in [-0.2, -0.15) is 13.2 Å². The molecule has 0 aliphatic rings. The molecular weight excluding hydrogens is 335 g/mol. The number of rotatable bonds is 2. The molecule has 0 aliphatic heterocycles. The molecule has 6 heteroatoms. The third-order valence-electron chi connectivity index (χ3n) is 2.58. The first-order chi connectivity index (χ1) is 9.36. The molecule has 1 amide bonds. The van der Waals surface area contributed by atoms with Crippen molar-refractivity contribution in [3.05, 3.63) is 64.1 Å². The molecule has 20 heavy (non-hydrogen) atoms. The van der Waals surface area contributed by atoms with Gasteiger partial charge in [-0.3, -0.25) is 4.79 Å². The maximum Gasteiger partial charge on any atom is 0.416 e. The average molecular weight is 344 g/mol. The number of carbonyl (C=O) groups excluding carboxylic acids is 1. The summed E-state index contributed by atoms with van der Waals surface area (Å²) in [7, 11) is 0. The summed E-state index contributed by atoms with van der Waals surface area (Å²) in [5.74, 6) is -0.457. The third-order valence-corrected chi connectivity index (χ3v) is 3.11. The maximum absolute atomic E-state index is 12.4. The summed E-state index contributed by atoms with van der Waals surface area (Å²) in [6.07, 6.45) is -4.40. The second-order valence-electron chi connectivity index (χ2n) is 4.04. The smallest absolute Gasteiger partial charge is 0.322 e. The molecule has 2 aromatic carbocycles. The van der Waals surface area contributed by atoms with Gasteiger partial charge in [0.05, 0.1) is 5.56 Å². The van der Waals surface area contributed by atoms with Crippen molar-refractivity contribution < 1.29 is 18.0 Å². The predicted molar refractivity (Wildman–Crippen MR) is 73.5 cm³/mol. The Bertz CT molecular complexity index is 606. The van der Waals surface area contributed by atoms with Crippen LogP contribution in [0.1, 0.15) is 15.9 Å². The fourth-order valence-corrected chi connectivity index (χ4v) is 1.81. The molecule has 104 valence electrons. The highest BCUT2D eigenvalue weighted by molar-refractivity contribution is 9.10. The van der Waals surface area contributed by atoms with Gasteiger partial charge < -0.3 is 5.32 Å². The Morgan fingerprint density at radius 2 is 1.50 bits per heavy atom. The van der Waals surface area contributed by atoms with Gasteiger partial charge in [0, 0.05) is 15.7 Å². The van der Waals surface area contributed by atoms with Gasteiger partial charge in [-0.05, 0) is 48.5 Å². The highest BCUT2D eigenvalue weighted by Gasteiger charge is 2.30. The van der Waals surface area contributed by atoms with Gasteiger partial charge in [0.15, 0.2) is 0 Å². The van der Waals surface area contributed by atoms with Crippen LogP contribution in [0, 0.1) is 0 Å². The van der Waals surface area contributed by atoms with Crippen LogP contribution in [-0.4, -0.2) is 5.91 Å². The number of amides is 1. The largest absolute Gasteiger partial charge is 0.416 e. The number of hydrogen-bond donors (Lipinski definition) is 1. The molecule has 0 saturated heterocycles. The van der Waals surface area contributed by atoms with Crippen LogP contribution in [0.4, 0.5) is 18.9 Å². The number of benzene rings is 2. The molecule has 2 rings (SSSR count). The number of halogens is 4. The average Bonchev–Trinajstić information content (AvgIpc) is 2.40. The normalized spacial score (nSPS) is 11.2. The van der Waals surface area contributed by atoms with Crippen molar-refractivity contribution in [1.82, 2.24) is 0 Å². The summed E-state index contributed by atoms with van der Waals surface area (Å²) in [4.78, 5) is 11.9. The fraction of sp³-hybridized carbons (Fsp3) is 0.0714. The van der Waals surface area contributed by atoms with Crippen LogP contribution in [0.15, 0.2) is 53.0 Å². The van der Waals surface area contributed by atoms with Gasteiger partial charge in [-0.1, -0.05) is 15.9 Å². The van der Waals surface area contributed by atoms with Crippen LogP contribution in [0.3, 0.4) is 0 Å². The monoisotopic (exact) mass is 343 g/mol. The van der Waals surface area contributed by atoms with Crippen LogP contribution in [0.25, 0.3) is 0 Å². The van der Waals surface area contributed by atoms with E-state index < -0.39 is 17.6 Å². The van der Waals surface area contributed by atoms with Crippen LogP contribution >= 0.6 is 15.9 Å². The molecule has 0 fully saturated rings. The van der Waals surface area contributed by atoms with Crippen LogP contribution < -0.4 is 5.32 Å².